The highest BCUT2D eigenvalue weighted by Crippen LogP contribution is 2.56. The van der Waals surface area contributed by atoms with Gasteiger partial charge in [-0.3, -0.25) is 14.4 Å². The molecule has 5 N–H and O–H groups in total. The number of ether oxygens (including phenoxy) is 2. The van der Waals surface area contributed by atoms with Crippen molar-refractivity contribution in [2.75, 3.05) is 33.4 Å². The molecule has 3 saturated carbocycles. The van der Waals surface area contributed by atoms with Crippen LogP contribution in [-0.4, -0.2) is 63.2 Å². The van der Waals surface area contributed by atoms with Gasteiger partial charge in [-0.25, -0.2) is 0 Å². The van der Waals surface area contributed by atoms with E-state index in [0.29, 0.717) is 37.5 Å². The van der Waals surface area contributed by atoms with Crippen molar-refractivity contribution >= 4 is 17.7 Å². The summed E-state index contributed by atoms with van der Waals surface area (Å²) in [4.78, 5) is 41.1. The highest BCUT2D eigenvalue weighted by atomic mass is 16.5. The Bertz CT molecular complexity index is 1440. The second kappa shape index (κ2) is 16.1. The zero-order valence-corrected chi connectivity index (χ0v) is 27.3. The first kappa shape index (κ1) is 34.1. The molecule has 3 aromatic rings. The Balaban J connectivity index is 1.30. The number of amides is 3. The highest BCUT2D eigenvalue weighted by molar-refractivity contribution is 5.98. The minimum absolute atomic E-state index is 0.0829. The number of rotatable bonds is 16. The fourth-order valence-corrected chi connectivity index (χ4v) is 6.88. The van der Waals surface area contributed by atoms with Gasteiger partial charge in [0.1, 0.15) is 24.4 Å². The molecule has 250 valence electrons. The lowest BCUT2D eigenvalue weighted by atomic mass is 9.54. The van der Waals surface area contributed by atoms with Gasteiger partial charge in [-0.1, -0.05) is 60.7 Å². The van der Waals surface area contributed by atoms with E-state index in [0.717, 1.165) is 56.2 Å². The van der Waals surface area contributed by atoms with E-state index in [4.69, 9.17) is 15.2 Å². The van der Waals surface area contributed by atoms with Crippen LogP contribution in [-0.2, 0) is 27.2 Å². The molecule has 0 aromatic heterocycles. The Kier molecular flexibility index (Phi) is 11.7. The molecule has 9 nitrogen and oxygen atoms in total. The molecule has 47 heavy (non-hydrogen) atoms. The number of hydrogen-bond acceptors (Lipinski definition) is 6. The van der Waals surface area contributed by atoms with E-state index in [2.05, 4.69) is 16.0 Å². The van der Waals surface area contributed by atoms with Gasteiger partial charge in [-0.15, -0.1) is 0 Å². The monoisotopic (exact) mass is 640 g/mol. The fraction of sp³-hybridized carbons (Fsp3) is 0.447. The number of nitrogens with two attached hydrogens (primary N) is 1. The lowest BCUT2D eigenvalue weighted by molar-refractivity contribution is -0.130. The zero-order valence-electron chi connectivity index (χ0n) is 27.3. The van der Waals surface area contributed by atoms with Crippen LogP contribution in [0.25, 0.3) is 0 Å². The summed E-state index contributed by atoms with van der Waals surface area (Å²) in [6.45, 7) is 2.22. The van der Waals surface area contributed by atoms with E-state index >= 15 is 0 Å². The average Bonchev–Trinajstić information content (AvgIpc) is 3.12. The summed E-state index contributed by atoms with van der Waals surface area (Å²) >= 11 is 0. The topological polar surface area (TPSA) is 132 Å². The molecule has 3 fully saturated rings. The summed E-state index contributed by atoms with van der Waals surface area (Å²) in [5.74, 6) is -0.323. The van der Waals surface area contributed by atoms with E-state index in [1.807, 2.05) is 60.7 Å². The maximum Gasteiger partial charge on any atom is 0.251 e. The third kappa shape index (κ3) is 9.20. The molecular weight excluding hydrogens is 592 g/mol. The molecule has 3 aliphatic carbocycles. The molecule has 3 aromatic carbocycles. The summed E-state index contributed by atoms with van der Waals surface area (Å²) in [7, 11) is 1.62. The number of methoxy groups -OCH3 is 1. The predicted molar refractivity (Wildman–Crippen MR) is 182 cm³/mol. The first-order chi connectivity index (χ1) is 22.8. The van der Waals surface area contributed by atoms with Crippen LogP contribution in [0.1, 0.15) is 60.0 Å². The van der Waals surface area contributed by atoms with Crippen LogP contribution in [0.3, 0.4) is 0 Å². The first-order valence-corrected chi connectivity index (χ1v) is 16.7. The van der Waals surface area contributed by atoms with E-state index in [9.17, 15) is 14.4 Å². The van der Waals surface area contributed by atoms with E-state index < -0.39 is 18.0 Å². The van der Waals surface area contributed by atoms with E-state index in [1.54, 1.807) is 31.4 Å². The van der Waals surface area contributed by atoms with Crippen molar-refractivity contribution < 1.29 is 23.9 Å². The second-order valence-corrected chi connectivity index (χ2v) is 13.3. The van der Waals surface area contributed by atoms with Crippen molar-refractivity contribution in [2.24, 2.45) is 16.6 Å². The first-order valence-electron chi connectivity index (χ1n) is 16.7. The van der Waals surface area contributed by atoms with Crippen LogP contribution in [0.4, 0.5) is 0 Å². The van der Waals surface area contributed by atoms with Crippen molar-refractivity contribution in [3.8, 4) is 5.75 Å². The average molecular weight is 641 g/mol. The summed E-state index contributed by atoms with van der Waals surface area (Å²) in [5, 5.41) is 9.14. The molecule has 2 unspecified atom stereocenters. The van der Waals surface area contributed by atoms with Crippen molar-refractivity contribution in [1.29, 1.82) is 0 Å². The quantitative estimate of drug-likeness (QED) is 0.174. The van der Waals surface area contributed by atoms with Gasteiger partial charge in [0.15, 0.2) is 0 Å². The zero-order chi connectivity index (χ0) is 33.1. The van der Waals surface area contributed by atoms with Crippen LogP contribution in [0, 0.1) is 10.8 Å². The van der Waals surface area contributed by atoms with Crippen LogP contribution in [0.2, 0.25) is 0 Å². The number of carbonyl (C=O) groups is 3. The van der Waals surface area contributed by atoms with Crippen molar-refractivity contribution in [2.45, 2.75) is 63.5 Å². The SMILES string of the molecule is COCCOc1ccc(CC(NC(=O)c2ccccc2)C(=O)NC(Cc2ccccc2)C(=O)NCC23CCC(CN)(CC2)CC3)cc1. The molecule has 6 rings (SSSR count). The Morgan fingerprint density at radius 3 is 1.85 bits per heavy atom. The summed E-state index contributed by atoms with van der Waals surface area (Å²) in [6.07, 6.45) is 7.05. The molecule has 2 atom stereocenters. The summed E-state index contributed by atoms with van der Waals surface area (Å²) in [6, 6.07) is 24.1. The van der Waals surface area contributed by atoms with Gasteiger partial charge in [0.05, 0.1) is 6.61 Å². The molecule has 9 heteroatoms. The minimum atomic E-state index is -0.922. The third-order valence-corrected chi connectivity index (χ3v) is 10.1. The van der Waals surface area contributed by atoms with Crippen molar-refractivity contribution in [3.05, 3.63) is 102 Å². The molecule has 0 saturated heterocycles. The van der Waals surface area contributed by atoms with Gasteiger partial charge in [0.25, 0.3) is 5.91 Å². The van der Waals surface area contributed by atoms with Gasteiger partial charge in [0.2, 0.25) is 11.8 Å². The Hall–Kier alpha value is -4.21. The number of fused-ring (bicyclic) bond motifs is 3. The molecule has 3 aliphatic rings. The van der Waals surface area contributed by atoms with Gasteiger partial charge in [-0.05, 0) is 91.3 Å². The highest BCUT2D eigenvalue weighted by Gasteiger charge is 2.48. The predicted octanol–water partition coefficient (Wildman–Crippen LogP) is 4.20. The number of nitrogens with one attached hydrogen (secondary N) is 3. The largest absolute Gasteiger partial charge is 0.491 e. The number of carbonyl (C=O) groups excluding carboxylic acids is 3. The maximum absolute atomic E-state index is 14.0. The van der Waals surface area contributed by atoms with Crippen LogP contribution in [0.15, 0.2) is 84.9 Å². The molecule has 2 bridgehead atoms. The van der Waals surface area contributed by atoms with E-state index in [1.165, 1.54) is 0 Å². The standard InChI is InChI=1S/C38H48N4O5/c1-46-22-23-47-31-14-12-29(13-15-31)25-33(41-34(43)30-10-6-3-7-11-30)36(45)42-32(24-28-8-4-2-5-9-28)35(44)40-27-38-19-16-37(26-39,17-20-38)18-21-38/h2-15,32-33H,16-27,39H2,1H3,(H,40,44)(H,41,43)(H,42,45). The van der Waals surface area contributed by atoms with E-state index in [-0.39, 0.29) is 29.1 Å². The van der Waals surface area contributed by atoms with Crippen LogP contribution in [0.5, 0.6) is 5.75 Å². The normalized spacial score (nSPS) is 21.3. The number of benzene rings is 3. The van der Waals surface area contributed by atoms with Gasteiger partial charge in [-0.2, -0.15) is 0 Å². The molecule has 0 heterocycles. The van der Waals surface area contributed by atoms with Gasteiger partial charge < -0.3 is 31.2 Å². The summed E-state index contributed by atoms with van der Waals surface area (Å²) in [5.41, 5.74) is 8.69. The summed E-state index contributed by atoms with van der Waals surface area (Å²) < 4.78 is 10.7. The minimum Gasteiger partial charge on any atom is -0.491 e. The maximum atomic E-state index is 14.0. The second-order valence-electron chi connectivity index (χ2n) is 13.3. The Morgan fingerprint density at radius 2 is 1.26 bits per heavy atom. The van der Waals surface area contributed by atoms with Crippen molar-refractivity contribution in [1.82, 2.24) is 16.0 Å². The molecule has 0 aliphatic heterocycles. The smallest absolute Gasteiger partial charge is 0.251 e. The molecular formula is C38H48N4O5. The van der Waals surface area contributed by atoms with Gasteiger partial charge >= 0.3 is 0 Å². The Labute approximate surface area is 278 Å². The van der Waals surface area contributed by atoms with Crippen LogP contribution < -0.4 is 26.4 Å². The van der Waals surface area contributed by atoms with Gasteiger partial charge in [0, 0.05) is 32.1 Å². The molecule has 0 spiro atoms. The fourth-order valence-electron chi connectivity index (χ4n) is 6.88. The lowest BCUT2D eigenvalue weighted by Crippen LogP contribution is -2.56. The number of hydrogen-bond donors (Lipinski definition) is 4. The molecule has 0 radical (unpaired) electrons. The van der Waals surface area contributed by atoms with Crippen LogP contribution >= 0.6 is 0 Å². The molecule has 3 amide bonds. The Morgan fingerprint density at radius 1 is 0.702 bits per heavy atom. The van der Waals surface area contributed by atoms with Crippen molar-refractivity contribution in [3.63, 3.8) is 0 Å². The third-order valence-electron chi connectivity index (χ3n) is 10.1. The lowest BCUT2D eigenvalue weighted by Gasteiger charge is -2.53.